The van der Waals surface area contributed by atoms with Crippen molar-refractivity contribution in [2.75, 3.05) is 0 Å². The summed E-state index contributed by atoms with van der Waals surface area (Å²) in [6.07, 6.45) is 0. The van der Waals surface area contributed by atoms with Gasteiger partial charge in [-0.05, 0) is 95.3 Å². The van der Waals surface area contributed by atoms with E-state index < -0.39 is 72.2 Å². The highest BCUT2D eigenvalue weighted by Gasteiger charge is 2.17. The monoisotopic (exact) mass is 694 g/mol. The molecule has 0 saturated heterocycles. The van der Waals surface area contributed by atoms with E-state index in [9.17, 15) is 6.85 Å². The zero-order valence-electron chi connectivity index (χ0n) is 41.5. The van der Waals surface area contributed by atoms with E-state index in [-0.39, 0.29) is 67.3 Å². The molecule has 0 aliphatic carbocycles. The molecule has 3 aromatic heterocycles. The van der Waals surface area contributed by atoms with Crippen LogP contribution in [0.25, 0.3) is 97.4 Å². The van der Waals surface area contributed by atoms with Crippen LogP contribution in [0.2, 0.25) is 0 Å². The van der Waals surface area contributed by atoms with Crippen molar-refractivity contribution in [3.8, 4) is 33.6 Å². The summed E-state index contributed by atoms with van der Waals surface area (Å²) in [7, 11) is 0. The summed E-state index contributed by atoms with van der Waals surface area (Å²) in [5.41, 5.74) is 3.32. The first kappa shape index (κ1) is 18.7. The Kier molecular flexibility index (Phi) is 4.06. The zero-order valence-corrected chi connectivity index (χ0v) is 28.3. The number of hydrogen-bond acceptors (Lipinski definition) is 1. The van der Waals surface area contributed by atoms with Gasteiger partial charge >= 0.3 is 0 Å². The molecule has 8 aromatic carbocycles. The number of hydrogen-bond donors (Lipinski definition) is 0. The highest BCUT2D eigenvalue weighted by atomic mass is 32.1. The maximum atomic E-state index is 9.94. The van der Waals surface area contributed by atoms with Crippen LogP contribution in [-0.2, 0) is 0 Å². The van der Waals surface area contributed by atoms with Crippen molar-refractivity contribution in [2.24, 2.45) is 0 Å². The minimum atomic E-state index is -0.683. The van der Waals surface area contributed by atoms with Gasteiger partial charge in [-0.25, -0.2) is 0 Å². The Hall–Kier alpha value is -6.42. The van der Waals surface area contributed by atoms with Gasteiger partial charge in [-0.15, -0.1) is 11.3 Å². The molecular formula is C49H32N2S. The Balaban J connectivity index is 1.21. The van der Waals surface area contributed by atoms with Gasteiger partial charge in [0.15, 0.2) is 0 Å². The van der Waals surface area contributed by atoms with Crippen LogP contribution >= 0.6 is 11.3 Å². The van der Waals surface area contributed by atoms with Crippen LogP contribution < -0.4 is 0 Å². The molecular weight excluding hydrogens is 649 g/mol. The number of para-hydroxylation sites is 2. The standard InChI is InChI=1S/C49H32N2S/c1-31-23-25-40-43-30-36(50-44-20-5-2-15-38(44)39-16-3-6-21-45(39)50)24-26-46(43)51(47(40)27-31)35-14-9-12-33(29-35)32-11-8-13-34(28-32)37-18-10-19-42-41-17-4-7-22-48(41)52-49(37)42/h2-30H,1H3/i2D,3D,5D,6D,15D,16D,20D,21D,23D,24D,25D,26D,27D,30D. The molecule has 0 N–H and O–H groups in total. The van der Waals surface area contributed by atoms with Gasteiger partial charge in [-0.1, -0.05) is 115 Å². The fourth-order valence-electron chi connectivity index (χ4n) is 7.37. The minimum Gasteiger partial charge on any atom is -0.309 e. The van der Waals surface area contributed by atoms with Crippen molar-refractivity contribution < 1.29 is 19.2 Å². The summed E-state index contributed by atoms with van der Waals surface area (Å²) < 4.78 is 132. The molecule has 0 bridgehead atoms. The summed E-state index contributed by atoms with van der Waals surface area (Å²) in [5.74, 6) is 0. The first-order valence-corrected chi connectivity index (χ1v) is 17.5. The van der Waals surface area contributed by atoms with Crippen LogP contribution in [0.3, 0.4) is 0 Å². The van der Waals surface area contributed by atoms with Crippen LogP contribution in [0.5, 0.6) is 0 Å². The summed E-state index contributed by atoms with van der Waals surface area (Å²) in [5, 5.41) is 1.73. The number of rotatable bonds is 4. The second-order valence-electron chi connectivity index (χ2n) is 12.7. The Labute approximate surface area is 324 Å². The molecule has 11 rings (SSSR count). The zero-order chi connectivity index (χ0) is 46.5. The van der Waals surface area contributed by atoms with Crippen LogP contribution in [0.4, 0.5) is 0 Å². The maximum Gasteiger partial charge on any atom is 0.0652 e. The molecule has 0 unspecified atom stereocenters. The molecule has 0 fully saturated rings. The van der Waals surface area contributed by atoms with Gasteiger partial charge in [0.1, 0.15) is 0 Å². The van der Waals surface area contributed by atoms with Gasteiger partial charge in [0.2, 0.25) is 0 Å². The third-order valence-corrected chi connectivity index (χ3v) is 10.9. The second kappa shape index (κ2) is 11.3. The number of fused-ring (bicyclic) bond motifs is 9. The van der Waals surface area contributed by atoms with Gasteiger partial charge in [0, 0.05) is 53.1 Å². The van der Waals surface area contributed by atoms with Gasteiger partial charge in [-0.3, -0.25) is 0 Å². The third-order valence-electron chi connectivity index (χ3n) is 9.67. The van der Waals surface area contributed by atoms with Crippen LogP contribution in [0.15, 0.2) is 176 Å². The fourth-order valence-corrected chi connectivity index (χ4v) is 8.60. The molecule has 3 heterocycles. The maximum absolute atomic E-state index is 9.94. The molecule has 11 aromatic rings. The summed E-state index contributed by atoms with van der Waals surface area (Å²) in [6.45, 7) is 1.55. The Morgan fingerprint density at radius 2 is 1.12 bits per heavy atom. The van der Waals surface area contributed by atoms with Gasteiger partial charge in [0.25, 0.3) is 0 Å². The largest absolute Gasteiger partial charge is 0.309 e. The number of aromatic nitrogens is 2. The highest BCUT2D eigenvalue weighted by molar-refractivity contribution is 7.26. The molecule has 0 spiro atoms. The lowest BCUT2D eigenvalue weighted by Gasteiger charge is -2.12. The smallest absolute Gasteiger partial charge is 0.0652 e. The summed E-state index contributed by atoms with van der Waals surface area (Å²) in [4.78, 5) is 0. The first-order valence-electron chi connectivity index (χ1n) is 23.7. The van der Waals surface area contributed by atoms with E-state index in [1.54, 1.807) is 28.9 Å². The van der Waals surface area contributed by atoms with E-state index >= 15 is 0 Å². The van der Waals surface area contributed by atoms with Crippen LogP contribution in [0.1, 0.15) is 24.8 Å². The van der Waals surface area contributed by atoms with Crippen molar-refractivity contribution in [1.29, 1.82) is 0 Å². The number of thiophene rings is 1. The lowest BCUT2D eigenvalue weighted by atomic mass is 9.97. The number of benzene rings is 8. The lowest BCUT2D eigenvalue weighted by molar-refractivity contribution is 1.16. The Morgan fingerprint density at radius 3 is 1.96 bits per heavy atom. The highest BCUT2D eigenvalue weighted by Crippen LogP contribution is 2.41. The normalized spacial score (nSPS) is 15.7. The second-order valence-corrected chi connectivity index (χ2v) is 13.8. The van der Waals surface area contributed by atoms with Crippen LogP contribution in [-0.4, -0.2) is 9.13 Å². The summed E-state index contributed by atoms with van der Waals surface area (Å²) >= 11 is 1.73. The van der Waals surface area contributed by atoms with Crippen molar-refractivity contribution in [3.63, 3.8) is 0 Å². The number of nitrogens with zero attached hydrogens (tertiary/aromatic N) is 2. The minimum absolute atomic E-state index is 0.0253. The van der Waals surface area contributed by atoms with E-state index in [4.69, 9.17) is 12.3 Å². The molecule has 52 heavy (non-hydrogen) atoms. The van der Waals surface area contributed by atoms with Gasteiger partial charge < -0.3 is 9.13 Å². The molecule has 2 nitrogen and oxygen atoms in total. The molecule has 0 atom stereocenters. The molecule has 244 valence electrons. The van der Waals surface area contributed by atoms with Crippen molar-refractivity contribution in [1.82, 2.24) is 9.13 Å². The predicted molar refractivity (Wildman–Crippen MR) is 224 cm³/mol. The topological polar surface area (TPSA) is 9.86 Å². The Bertz CT molecular complexity index is 3940. The molecule has 0 aliphatic heterocycles. The first-order chi connectivity index (χ1) is 31.5. The van der Waals surface area contributed by atoms with Gasteiger partial charge in [0.05, 0.1) is 41.3 Å². The quantitative estimate of drug-likeness (QED) is 0.174. The molecule has 3 heteroatoms. The lowest BCUT2D eigenvalue weighted by Crippen LogP contribution is -1.96. The Morgan fingerprint density at radius 1 is 0.462 bits per heavy atom. The van der Waals surface area contributed by atoms with Gasteiger partial charge in [-0.2, -0.15) is 0 Å². The van der Waals surface area contributed by atoms with E-state index in [0.29, 0.717) is 5.69 Å². The predicted octanol–water partition coefficient (Wildman–Crippen LogP) is 13.9. The SMILES string of the molecule is [2H]c1c(C)c([2H])c2c(c1[2H])c1c([2H])c(-n3c4c([2H])c([2H])c([2H])c([2H])c4c4c([2H])c([2H])c([2H])c([2H])c43)c([2H])c([2H])c1n2-c1cccc(-c2cccc(-c3cccc4c3sc3ccccc34)c2)c1. The van der Waals surface area contributed by atoms with E-state index in [1.807, 2.05) is 42.5 Å². The molecule has 0 saturated carbocycles. The van der Waals surface area contributed by atoms with Crippen molar-refractivity contribution in [3.05, 3.63) is 181 Å². The van der Waals surface area contributed by atoms with E-state index in [0.717, 1.165) is 31.5 Å². The van der Waals surface area contributed by atoms with E-state index in [1.165, 1.54) is 15.5 Å². The molecule has 0 amide bonds. The van der Waals surface area contributed by atoms with Crippen molar-refractivity contribution >= 4 is 75.1 Å². The fraction of sp³-hybridized carbons (Fsp3) is 0.0204. The van der Waals surface area contributed by atoms with Crippen molar-refractivity contribution in [2.45, 2.75) is 6.92 Å². The average Bonchev–Trinajstić information content (AvgIpc) is 4.01. The molecule has 0 radical (unpaired) electrons. The van der Waals surface area contributed by atoms with Crippen LogP contribution in [0, 0.1) is 6.92 Å². The third kappa shape index (κ3) is 4.36. The van der Waals surface area contributed by atoms with E-state index in [2.05, 4.69) is 42.5 Å². The average molecular weight is 695 g/mol. The summed E-state index contributed by atoms with van der Waals surface area (Å²) in [6, 6.07) is 22.6. The molecule has 0 aliphatic rings.